The van der Waals surface area contributed by atoms with Gasteiger partial charge >= 0.3 is 0 Å². The maximum Gasteiger partial charge on any atom is 0.0933 e. The summed E-state index contributed by atoms with van der Waals surface area (Å²) < 4.78 is 4.41. The highest BCUT2D eigenvalue weighted by molar-refractivity contribution is 6.25. The first-order chi connectivity index (χ1) is 22.8. The average Bonchev–Trinajstić information content (AvgIpc) is 3.67. The minimum Gasteiger partial charge on any atom is -0.309 e. The van der Waals surface area contributed by atoms with Gasteiger partial charge in [-0.05, 0) is 53.4 Å². The van der Waals surface area contributed by atoms with Gasteiger partial charge < -0.3 is 4.57 Å². The Morgan fingerprint density at radius 1 is 0.435 bits per heavy atom. The SMILES string of the molecule is c1ccc(-n2c3ccccc3c3ccc4c5ccccc5nc(-c5cccc(-c6ccc7c8ccccc8nn7c6)c5)c4c32)cc1. The molecular formula is C42H26N4. The largest absolute Gasteiger partial charge is 0.309 e. The lowest BCUT2D eigenvalue weighted by molar-refractivity contribution is 0.983. The molecule has 0 saturated carbocycles. The molecule has 0 fully saturated rings. The smallest absolute Gasteiger partial charge is 0.0933 e. The summed E-state index contributed by atoms with van der Waals surface area (Å²) in [5.74, 6) is 0. The third kappa shape index (κ3) is 3.61. The van der Waals surface area contributed by atoms with Gasteiger partial charge in [0.05, 0.1) is 33.3 Å². The fourth-order valence-electron chi connectivity index (χ4n) is 7.25. The molecule has 214 valence electrons. The van der Waals surface area contributed by atoms with Crippen LogP contribution < -0.4 is 0 Å². The maximum absolute atomic E-state index is 5.41. The van der Waals surface area contributed by atoms with Crippen LogP contribution in [0.4, 0.5) is 0 Å². The number of benzene rings is 6. The summed E-state index contributed by atoms with van der Waals surface area (Å²) in [5, 5.41) is 12.0. The van der Waals surface area contributed by atoms with E-state index in [0.29, 0.717) is 0 Å². The Labute approximate surface area is 264 Å². The molecule has 0 amide bonds. The van der Waals surface area contributed by atoms with Gasteiger partial charge in [0.15, 0.2) is 0 Å². The highest BCUT2D eigenvalue weighted by Gasteiger charge is 2.20. The molecule has 0 saturated heterocycles. The van der Waals surface area contributed by atoms with Crippen molar-refractivity contribution in [3.8, 4) is 28.1 Å². The zero-order valence-electron chi connectivity index (χ0n) is 24.8. The first kappa shape index (κ1) is 25.1. The number of fused-ring (bicyclic) bond motifs is 10. The molecule has 0 N–H and O–H groups in total. The fraction of sp³-hybridized carbons (Fsp3) is 0. The van der Waals surface area contributed by atoms with Crippen molar-refractivity contribution in [2.24, 2.45) is 0 Å². The lowest BCUT2D eigenvalue weighted by Gasteiger charge is -2.15. The molecule has 0 unspecified atom stereocenters. The zero-order chi connectivity index (χ0) is 30.2. The summed E-state index contributed by atoms with van der Waals surface area (Å²) in [5.41, 5.74) is 10.9. The van der Waals surface area contributed by atoms with Crippen LogP contribution in [0.1, 0.15) is 0 Å². The lowest BCUT2D eigenvalue weighted by Crippen LogP contribution is -1.97. The predicted octanol–water partition coefficient (Wildman–Crippen LogP) is 10.6. The Hall–Kier alpha value is -6.26. The summed E-state index contributed by atoms with van der Waals surface area (Å²) in [6, 6.07) is 53.9. The highest BCUT2D eigenvalue weighted by atomic mass is 15.2. The van der Waals surface area contributed by atoms with Crippen LogP contribution in [-0.4, -0.2) is 19.2 Å². The molecule has 4 nitrogen and oxygen atoms in total. The van der Waals surface area contributed by atoms with E-state index < -0.39 is 0 Å². The molecule has 0 bridgehead atoms. The van der Waals surface area contributed by atoms with Gasteiger partial charge in [0.1, 0.15) is 0 Å². The van der Waals surface area contributed by atoms with Crippen molar-refractivity contribution in [1.29, 1.82) is 0 Å². The summed E-state index contributed by atoms with van der Waals surface area (Å²) >= 11 is 0. The second-order valence-corrected chi connectivity index (χ2v) is 11.9. The lowest BCUT2D eigenvalue weighted by atomic mass is 9.95. The second kappa shape index (κ2) is 9.62. The summed E-state index contributed by atoms with van der Waals surface area (Å²) in [6.07, 6.45) is 2.13. The molecule has 4 aromatic heterocycles. The number of hydrogen-bond acceptors (Lipinski definition) is 2. The number of nitrogens with zero attached hydrogens (tertiary/aromatic N) is 4. The van der Waals surface area contributed by atoms with Gasteiger partial charge in [0.25, 0.3) is 0 Å². The van der Waals surface area contributed by atoms with Crippen molar-refractivity contribution in [3.63, 3.8) is 0 Å². The number of para-hydroxylation sites is 3. The minimum absolute atomic E-state index is 0.979. The molecule has 0 aliphatic carbocycles. The third-order valence-electron chi connectivity index (χ3n) is 9.31. The molecule has 10 rings (SSSR count). The zero-order valence-corrected chi connectivity index (χ0v) is 24.8. The van der Waals surface area contributed by atoms with Gasteiger partial charge in [-0.25, -0.2) is 9.50 Å². The van der Waals surface area contributed by atoms with Crippen molar-refractivity contribution < 1.29 is 0 Å². The van der Waals surface area contributed by atoms with E-state index in [2.05, 4.69) is 156 Å². The molecule has 0 spiro atoms. The summed E-state index contributed by atoms with van der Waals surface area (Å²) in [7, 11) is 0. The molecule has 46 heavy (non-hydrogen) atoms. The quantitative estimate of drug-likeness (QED) is 0.193. The molecule has 6 aromatic carbocycles. The molecule has 0 aliphatic heterocycles. The third-order valence-corrected chi connectivity index (χ3v) is 9.31. The Morgan fingerprint density at radius 3 is 2.04 bits per heavy atom. The topological polar surface area (TPSA) is 35.1 Å². The van der Waals surface area contributed by atoms with Gasteiger partial charge in [-0.1, -0.05) is 109 Å². The first-order valence-electron chi connectivity index (χ1n) is 15.6. The number of aromatic nitrogens is 4. The van der Waals surface area contributed by atoms with Crippen molar-refractivity contribution in [2.45, 2.75) is 0 Å². The monoisotopic (exact) mass is 586 g/mol. The predicted molar refractivity (Wildman–Crippen MR) is 191 cm³/mol. The van der Waals surface area contributed by atoms with Crippen LogP contribution in [0.5, 0.6) is 0 Å². The summed E-state index contributed by atoms with van der Waals surface area (Å²) in [4.78, 5) is 5.41. The van der Waals surface area contributed by atoms with E-state index in [0.717, 1.165) is 60.8 Å². The van der Waals surface area contributed by atoms with E-state index in [4.69, 9.17) is 10.1 Å². The highest BCUT2D eigenvalue weighted by Crippen LogP contribution is 2.42. The van der Waals surface area contributed by atoms with Crippen molar-refractivity contribution >= 4 is 59.9 Å². The van der Waals surface area contributed by atoms with Crippen molar-refractivity contribution in [1.82, 2.24) is 19.2 Å². The van der Waals surface area contributed by atoms with Crippen LogP contribution in [-0.2, 0) is 0 Å². The van der Waals surface area contributed by atoms with E-state index >= 15 is 0 Å². The van der Waals surface area contributed by atoms with Crippen LogP contribution in [0, 0.1) is 0 Å². The number of rotatable bonds is 3. The first-order valence-corrected chi connectivity index (χ1v) is 15.6. The normalized spacial score (nSPS) is 11.9. The van der Waals surface area contributed by atoms with E-state index in [1.165, 1.54) is 27.2 Å². The Morgan fingerprint density at radius 2 is 1.15 bits per heavy atom. The van der Waals surface area contributed by atoms with Crippen LogP contribution in [0.25, 0.3) is 88.0 Å². The molecule has 4 heterocycles. The van der Waals surface area contributed by atoms with Crippen LogP contribution in [0.15, 0.2) is 158 Å². The van der Waals surface area contributed by atoms with Gasteiger partial charge in [-0.2, -0.15) is 5.10 Å². The van der Waals surface area contributed by atoms with Gasteiger partial charge in [-0.3, -0.25) is 0 Å². The number of pyridine rings is 2. The Balaban J connectivity index is 1.29. The van der Waals surface area contributed by atoms with Crippen LogP contribution in [0.3, 0.4) is 0 Å². The average molecular weight is 587 g/mol. The fourth-order valence-corrected chi connectivity index (χ4v) is 7.25. The summed E-state index contributed by atoms with van der Waals surface area (Å²) in [6.45, 7) is 0. The standard InChI is InChI=1S/C42H26N4/c1-2-13-30(14-3-1)46-39-20-9-6-16-32(39)34-23-22-33-31-15-4-7-18-36(31)43-41(40(33)42(34)46)28-12-10-11-27(25-28)29-21-24-38-35-17-5-8-19-37(35)44-45(38)26-29/h1-26H. The minimum atomic E-state index is 0.979. The van der Waals surface area contributed by atoms with Gasteiger partial charge in [0.2, 0.25) is 0 Å². The Kier molecular flexibility index (Phi) is 5.25. The van der Waals surface area contributed by atoms with Crippen LogP contribution >= 0.6 is 0 Å². The molecule has 0 atom stereocenters. The van der Waals surface area contributed by atoms with E-state index in [1.807, 2.05) is 10.6 Å². The molecule has 0 aliphatic rings. The van der Waals surface area contributed by atoms with Gasteiger partial charge in [0, 0.05) is 49.9 Å². The van der Waals surface area contributed by atoms with Crippen molar-refractivity contribution in [3.05, 3.63) is 158 Å². The second-order valence-electron chi connectivity index (χ2n) is 11.9. The number of hydrogen-bond donors (Lipinski definition) is 0. The van der Waals surface area contributed by atoms with Gasteiger partial charge in [-0.15, -0.1) is 0 Å². The van der Waals surface area contributed by atoms with Crippen molar-refractivity contribution in [2.75, 3.05) is 0 Å². The maximum atomic E-state index is 5.41. The van der Waals surface area contributed by atoms with Crippen LogP contribution in [0.2, 0.25) is 0 Å². The van der Waals surface area contributed by atoms with E-state index in [9.17, 15) is 0 Å². The molecule has 4 heteroatoms. The molecular weight excluding hydrogens is 560 g/mol. The van der Waals surface area contributed by atoms with E-state index in [-0.39, 0.29) is 0 Å². The van der Waals surface area contributed by atoms with E-state index in [1.54, 1.807) is 0 Å². The molecule has 10 aromatic rings. The molecule has 0 radical (unpaired) electrons. The Bertz CT molecular complexity index is 2810.